The van der Waals surface area contributed by atoms with Gasteiger partial charge in [0.25, 0.3) is 5.91 Å². The van der Waals surface area contributed by atoms with Gasteiger partial charge in [0.1, 0.15) is 11.5 Å². The summed E-state index contributed by atoms with van der Waals surface area (Å²) in [7, 11) is 3.01. The fourth-order valence-electron chi connectivity index (χ4n) is 4.17. The summed E-state index contributed by atoms with van der Waals surface area (Å²) < 4.78 is 10.6. The van der Waals surface area contributed by atoms with E-state index < -0.39 is 0 Å². The Hall–Kier alpha value is -3.71. The monoisotopic (exact) mass is 493 g/mol. The molecule has 35 heavy (non-hydrogen) atoms. The van der Waals surface area contributed by atoms with Crippen LogP contribution in [0.1, 0.15) is 27.9 Å². The van der Waals surface area contributed by atoms with E-state index >= 15 is 0 Å². The Morgan fingerprint density at radius 3 is 2.51 bits per heavy atom. The number of nitrogens with one attached hydrogen (secondary N) is 1. The fraction of sp³-hybridized carbons (Fsp3) is 0.259. The van der Waals surface area contributed by atoms with E-state index in [1.807, 2.05) is 36.1 Å². The highest BCUT2D eigenvalue weighted by Crippen LogP contribution is 2.36. The van der Waals surface area contributed by atoms with Crippen LogP contribution >= 0.6 is 11.6 Å². The van der Waals surface area contributed by atoms with E-state index in [0.29, 0.717) is 53.1 Å². The number of nitrogens with zero attached hydrogens (tertiary/aromatic N) is 2. The Morgan fingerprint density at radius 2 is 1.77 bits per heavy atom. The summed E-state index contributed by atoms with van der Waals surface area (Å²) in [6.07, 6.45) is 0.843. The normalized spacial score (nSPS) is 13.5. The van der Waals surface area contributed by atoms with E-state index in [2.05, 4.69) is 11.4 Å². The third-order valence-electron chi connectivity index (χ3n) is 5.91. The molecule has 1 saturated heterocycles. The lowest BCUT2D eigenvalue weighted by Gasteiger charge is -2.36. The van der Waals surface area contributed by atoms with Gasteiger partial charge in [0.15, 0.2) is 0 Å². The first-order valence-corrected chi connectivity index (χ1v) is 11.7. The molecule has 3 amide bonds. The molecule has 7 nitrogen and oxygen atoms in total. The van der Waals surface area contributed by atoms with Crippen molar-refractivity contribution in [2.24, 2.45) is 0 Å². The highest BCUT2D eigenvalue weighted by molar-refractivity contribution is 6.32. The maximum Gasteiger partial charge on any atom is 0.324 e. The molecule has 0 bridgehead atoms. The van der Waals surface area contributed by atoms with E-state index in [9.17, 15) is 9.59 Å². The lowest BCUT2D eigenvalue weighted by atomic mass is 10.1. The second-order valence-corrected chi connectivity index (χ2v) is 8.80. The molecular weight excluding hydrogens is 466 g/mol. The van der Waals surface area contributed by atoms with Gasteiger partial charge in [-0.2, -0.15) is 0 Å². The van der Waals surface area contributed by atoms with Crippen LogP contribution in [0.4, 0.5) is 16.2 Å². The molecule has 0 spiro atoms. The largest absolute Gasteiger partial charge is 0.495 e. The van der Waals surface area contributed by atoms with Crippen LogP contribution < -0.4 is 19.7 Å². The average molecular weight is 494 g/mol. The summed E-state index contributed by atoms with van der Waals surface area (Å²) in [6, 6.07) is 18.3. The molecule has 1 fully saturated rings. The maximum atomic E-state index is 13.3. The third kappa shape index (κ3) is 5.52. The van der Waals surface area contributed by atoms with Crippen molar-refractivity contribution in [3.05, 3.63) is 82.4 Å². The lowest BCUT2D eigenvalue weighted by Crippen LogP contribution is -2.49. The Kier molecular flexibility index (Phi) is 7.46. The van der Waals surface area contributed by atoms with Gasteiger partial charge < -0.3 is 19.7 Å². The zero-order chi connectivity index (χ0) is 24.9. The molecule has 4 rings (SSSR count). The summed E-state index contributed by atoms with van der Waals surface area (Å²) in [5.74, 6) is 0.531. The predicted molar refractivity (Wildman–Crippen MR) is 138 cm³/mol. The molecule has 8 heteroatoms. The van der Waals surface area contributed by atoms with E-state index in [1.165, 1.54) is 14.2 Å². The Labute approximate surface area is 210 Å². The van der Waals surface area contributed by atoms with Crippen molar-refractivity contribution in [2.45, 2.75) is 19.9 Å². The van der Waals surface area contributed by atoms with E-state index in [1.54, 1.807) is 35.2 Å². The Morgan fingerprint density at radius 1 is 1.00 bits per heavy atom. The van der Waals surface area contributed by atoms with Crippen LogP contribution in [-0.2, 0) is 6.54 Å². The van der Waals surface area contributed by atoms with Crippen molar-refractivity contribution in [3.8, 4) is 11.5 Å². The first-order chi connectivity index (χ1) is 16.9. The molecule has 0 aromatic heterocycles. The van der Waals surface area contributed by atoms with E-state index in [0.717, 1.165) is 17.5 Å². The van der Waals surface area contributed by atoms with Crippen LogP contribution in [0.3, 0.4) is 0 Å². The summed E-state index contributed by atoms with van der Waals surface area (Å²) in [5.41, 5.74) is 3.78. The molecular formula is C27H28ClN3O4. The number of aryl methyl sites for hydroxylation is 1. The number of methoxy groups -OCH3 is 2. The minimum Gasteiger partial charge on any atom is -0.495 e. The molecule has 182 valence electrons. The average Bonchev–Trinajstić information content (AvgIpc) is 2.85. The molecule has 0 atom stereocenters. The minimum atomic E-state index is -0.340. The van der Waals surface area contributed by atoms with Gasteiger partial charge >= 0.3 is 6.03 Å². The maximum absolute atomic E-state index is 13.3. The quantitative estimate of drug-likeness (QED) is 0.455. The topological polar surface area (TPSA) is 71.1 Å². The van der Waals surface area contributed by atoms with Gasteiger partial charge in [-0.25, -0.2) is 4.79 Å². The van der Waals surface area contributed by atoms with Gasteiger partial charge in [0.05, 0.1) is 24.9 Å². The number of halogens is 1. The van der Waals surface area contributed by atoms with Crippen molar-refractivity contribution in [1.29, 1.82) is 0 Å². The first kappa shape index (κ1) is 24.4. The number of urea groups is 1. The highest BCUT2D eigenvalue weighted by Gasteiger charge is 2.27. The first-order valence-electron chi connectivity index (χ1n) is 11.3. The predicted octanol–water partition coefficient (Wildman–Crippen LogP) is 5.75. The lowest BCUT2D eigenvalue weighted by molar-refractivity contribution is 0.102. The summed E-state index contributed by atoms with van der Waals surface area (Å²) in [5, 5.41) is 3.19. The minimum absolute atomic E-state index is 0.0704. The van der Waals surface area contributed by atoms with Crippen molar-refractivity contribution in [3.63, 3.8) is 0 Å². The van der Waals surface area contributed by atoms with Crippen LogP contribution in [0.2, 0.25) is 5.02 Å². The number of hydrogen-bond donors (Lipinski definition) is 1. The summed E-state index contributed by atoms with van der Waals surface area (Å²) in [6.45, 7) is 3.88. The SMILES string of the molecule is COc1cc(OC)c(NC(=O)c2cccc(N3CCCN(Cc4cccc(C)c4)C3=O)c2)cc1Cl. The molecule has 1 aliphatic heterocycles. The molecule has 0 saturated carbocycles. The smallest absolute Gasteiger partial charge is 0.324 e. The van der Waals surface area contributed by atoms with Gasteiger partial charge in [-0.1, -0.05) is 47.5 Å². The fourth-order valence-corrected chi connectivity index (χ4v) is 4.41. The van der Waals surface area contributed by atoms with Gasteiger partial charge in [-0.15, -0.1) is 0 Å². The Balaban J connectivity index is 1.52. The van der Waals surface area contributed by atoms with E-state index in [4.69, 9.17) is 21.1 Å². The van der Waals surface area contributed by atoms with Gasteiger partial charge in [-0.3, -0.25) is 9.69 Å². The van der Waals surface area contributed by atoms with Crippen LogP contribution in [0.15, 0.2) is 60.7 Å². The zero-order valence-corrected chi connectivity index (χ0v) is 20.8. The van der Waals surface area contributed by atoms with Crippen molar-refractivity contribution >= 4 is 34.9 Å². The van der Waals surface area contributed by atoms with Gasteiger partial charge in [-0.05, 0) is 43.2 Å². The van der Waals surface area contributed by atoms with Crippen LogP contribution in [0.5, 0.6) is 11.5 Å². The van der Waals surface area contributed by atoms with Crippen LogP contribution in [-0.4, -0.2) is 44.1 Å². The number of benzene rings is 3. The van der Waals surface area contributed by atoms with Crippen molar-refractivity contribution < 1.29 is 19.1 Å². The number of anilines is 2. The van der Waals surface area contributed by atoms with Crippen LogP contribution in [0, 0.1) is 6.92 Å². The molecule has 0 unspecified atom stereocenters. The highest BCUT2D eigenvalue weighted by atomic mass is 35.5. The summed E-state index contributed by atoms with van der Waals surface area (Å²) in [4.78, 5) is 29.9. The van der Waals surface area contributed by atoms with Crippen molar-refractivity contribution in [2.75, 3.05) is 37.5 Å². The van der Waals surface area contributed by atoms with Gasteiger partial charge in [0, 0.05) is 37.0 Å². The number of ether oxygens (including phenoxy) is 2. The Bertz CT molecular complexity index is 1250. The van der Waals surface area contributed by atoms with Crippen molar-refractivity contribution in [1.82, 2.24) is 4.90 Å². The number of hydrogen-bond acceptors (Lipinski definition) is 4. The molecule has 1 N–H and O–H groups in total. The second kappa shape index (κ2) is 10.7. The number of carbonyl (C=O) groups excluding carboxylic acids is 2. The zero-order valence-electron chi connectivity index (χ0n) is 20.0. The second-order valence-electron chi connectivity index (χ2n) is 8.39. The molecule has 1 aliphatic rings. The summed E-state index contributed by atoms with van der Waals surface area (Å²) >= 11 is 6.23. The molecule has 0 aliphatic carbocycles. The standard InChI is InChI=1S/C27H28ClN3O4/c1-18-7-4-8-19(13-18)17-30-11-6-12-31(27(30)33)21-10-5-9-20(14-21)26(32)29-23-15-22(28)24(34-2)16-25(23)35-3/h4-5,7-10,13-16H,6,11-12,17H2,1-3H3,(H,29,32). The van der Waals surface area contributed by atoms with E-state index in [-0.39, 0.29) is 11.9 Å². The number of carbonyl (C=O) groups is 2. The van der Waals surface area contributed by atoms with Crippen LogP contribution in [0.25, 0.3) is 0 Å². The number of rotatable bonds is 7. The molecule has 3 aromatic rings. The third-order valence-corrected chi connectivity index (χ3v) is 6.20. The molecule has 1 heterocycles. The molecule has 0 radical (unpaired) electrons. The van der Waals surface area contributed by atoms with Gasteiger partial charge in [0.2, 0.25) is 0 Å². The number of amides is 3. The molecule has 3 aromatic carbocycles.